The van der Waals surface area contributed by atoms with Crippen LogP contribution in [-0.4, -0.2) is 49.3 Å². The van der Waals surface area contributed by atoms with Crippen LogP contribution in [0.1, 0.15) is 30.1 Å². The van der Waals surface area contributed by atoms with E-state index in [2.05, 4.69) is 62.1 Å². The number of thiophene rings is 1. The van der Waals surface area contributed by atoms with Gasteiger partial charge in [0.2, 0.25) is 0 Å². The lowest BCUT2D eigenvalue weighted by Gasteiger charge is -2.31. The van der Waals surface area contributed by atoms with E-state index in [-0.39, 0.29) is 0 Å². The lowest BCUT2D eigenvalue weighted by Crippen LogP contribution is -2.35. The number of nitrogens with zero attached hydrogens (tertiary/aromatic N) is 4. The van der Waals surface area contributed by atoms with E-state index in [1.807, 2.05) is 11.4 Å². The Kier molecular flexibility index (Phi) is 5.41. The average Bonchev–Trinajstić information content (AvgIpc) is 3.46. The Morgan fingerprint density at radius 1 is 1.00 bits per heavy atom. The van der Waals surface area contributed by atoms with E-state index in [1.165, 1.54) is 16.3 Å². The normalized spacial score (nSPS) is 19.6. The fourth-order valence-electron chi connectivity index (χ4n) is 5.03. The number of aromatic nitrogens is 3. The molecule has 0 bridgehead atoms. The first-order chi connectivity index (χ1) is 15.8. The van der Waals surface area contributed by atoms with E-state index >= 15 is 0 Å². The molecule has 5 nitrogen and oxygen atoms in total. The lowest BCUT2D eigenvalue weighted by molar-refractivity contribution is 0.210. The molecule has 0 aliphatic carbocycles. The van der Waals surface area contributed by atoms with Gasteiger partial charge in [0.25, 0.3) is 0 Å². The van der Waals surface area contributed by atoms with Crippen LogP contribution in [0.15, 0.2) is 58.8 Å². The minimum Gasteiger partial charge on any atom is -0.309 e. The molecule has 2 aromatic carbocycles. The summed E-state index contributed by atoms with van der Waals surface area (Å²) in [6, 6.07) is 17.4. The Bertz CT molecular complexity index is 1290. The molecule has 2 aromatic heterocycles. The molecule has 0 spiro atoms. The first-order valence-corrected chi connectivity index (χ1v) is 13.6. The Labute approximate surface area is 194 Å². The molecular weight excluding hydrogens is 436 g/mol. The van der Waals surface area contributed by atoms with Gasteiger partial charge in [-0.25, -0.2) is 0 Å². The highest BCUT2D eigenvalue weighted by Gasteiger charge is 2.29. The zero-order valence-corrected chi connectivity index (χ0v) is 19.6. The first-order valence-electron chi connectivity index (χ1n) is 11.4. The number of likely N-dealkylation sites (tertiary alicyclic amines) is 1. The summed E-state index contributed by atoms with van der Waals surface area (Å²) < 4.78 is 14.8. The van der Waals surface area contributed by atoms with Gasteiger partial charge in [0.1, 0.15) is 5.82 Å². The van der Waals surface area contributed by atoms with Crippen molar-refractivity contribution in [3.05, 3.63) is 65.3 Å². The summed E-state index contributed by atoms with van der Waals surface area (Å²) in [6.07, 6.45) is 3.30. The maximum Gasteiger partial charge on any atom is 0.175 e. The standard InChI is InChI=1S/C25H26N4OS2/c30-32-16-14-29-24(26-27-25(29)23-22(32)10-15-31-23)20-8-12-28(13-9-20)11-7-18-5-6-19-3-1-2-4-21(19)17-18/h1-6,10,15,17,20H,7-9,11-14,16H2. The summed E-state index contributed by atoms with van der Waals surface area (Å²) in [7, 11) is -0.941. The average molecular weight is 463 g/mol. The molecule has 2 aliphatic heterocycles. The van der Waals surface area contributed by atoms with Crippen LogP contribution >= 0.6 is 11.3 Å². The second kappa shape index (κ2) is 8.54. The van der Waals surface area contributed by atoms with Gasteiger partial charge in [0, 0.05) is 24.8 Å². The molecule has 2 aliphatic rings. The second-order valence-corrected chi connectivity index (χ2v) is 11.2. The largest absolute Gasteiger partial charge is 0.309 e. The topological polar surface area (TPSA) is 51.0 Å². The maximum absolute atomic E-state index is 12.6. The molecule has 164 valence electrons. The van der Waals surface area contributed by atoms with E-state index in [0.717, 1.165) is 66.9 Å². The van der Waals surface area contributed by atoms with Crippen LogP contribution in [0.2, 0.25) is 0 Å². The van der Waals surface area contributed by atoms with Gasteiger partial charge in [0.15, 0.2) is 5.82 Å². The second-order valence-electron chi connectivity index (χ2n) is 8.74. The van der Waals surface area contributed by atoms with Gasteiger partial charge in [-0.2, -0.15) is 0 Å². The van der Waals surface area contributed by atoms with Crippen LogP contribution in [0, 0.1) is 0 Å². The van der Waals surface area contributed by atoms with Crippen molar-refractivity contribution < 1.29 is 4.21 Å². The SMILES string of the molecule is O=S1CCn2c(nnc2C2CCN(CCc3ccc4ccccc4c3)CC2)-c2sccc21. The minimum absolute atomic E-state index is 0.433. The molecular formula is C25H26N4OS2. The zero-order chi connectivity index (χ0) is 21.5. The number of fused-ring (bicyclic) bond motifs is 4. The van der Waals surface area contributed by atoms with Crippen LogP contribution in [0.3, 0.4) is 0 Å². The van der Waals surface area contributed by atoms with Crippen LogP contribution in [0.25, 0.3) is 21.5 Å². The van der Waals surface area contributed by atoms with Gasteiger partial charge < -0.3 is 9.47 Å². The molecule has 0 N–H and O–H groups in total. The number of hydrogen-bond acceptors (Lipinski definition) is 5. The maximum atomic E-state index is 12.6. The highest BCUT2D eigenvalue weighted by atomic mass is 32.2. The summed E-state index contributed by atoms with van der Waals surface area (Å²) in [6.45, 7) is 4.03. The van der Waals surface area contributed by atoms with Crippen LogP contribution in [0.4, 0.5) is 0 Å². The number of piperidine rings is 1. The smallest absolute Gasteiger partial charge is 0.175 e. The molecule has 4 aromatic rings. The van der Waals surface area contributed by atoms with Crippen molar-refractivity contribution in [2.24, 2.45) is 0 Å². The molecule has 0 radical (unpaired) electrons. The molecule has 0 saturated carbocycles. The van der Waals surface area contributed by atoms with Crippen molar-refractivity contribution in [1.29, 1.82) is 0 Å². The van der Waals surface area contributed by atoms with Gasteiger partial charge in [-0.1, -0.05) is 42.5 Å². The first kappa shape index (κ1) is 20.3. The summed E-state index contributed by atoms with van der Waals surface area (Å²) in [5.74, 6) is 3.08. The Morgan fingerprint density at radius 3 is 2.72 bits per heavy atom. The predicted molar refractivity (Wildman–Crippen MR) is 131 cm³/mol. The summed E-state index contributed by atoms with van der Waals surface area (Å²) in [4.78, 5) is 4.54. The van der Waals surface area contributed by atoms with Crippen molar-refractivity contribution in [2.75, 3.05) is 25.4 Å². The molecule has 32 heavy (non-hydrogen) atoms. The quantitative estimate of drug-likeness (QED) is 0.441. The molecule has 4 heterocycles. The highest BCUT2D eigenvalue weighted by Crippen LogP contribution is 2.36. The van der Waals surface area contributed by atoms with E-state index in [1.54, 1.807) is 11.3 Å². The third-order valence-electron chi connectivity index (χ3n) is 6.84. The van der Waals surface area contributed by atoms with Crippen molar-refractivity contribution in [1.82, 2.24) is 19.7 Å². The van der Waals surface area contributed by atoms with E-state index < -0.39 is 10.8 Å². The Balaban J connectivity index is 1.11. The lowest BCUT2D eigenvalue weighted by atomic mass is 9.95. The zero-order valence-electron chi connectivity index (χ0n) is 17.9. The van der Waals surface area contributed by atoms with Crippen LogP contribution in [-0.2, 0) is 23.8 Å². The minimum atomic E-state index is -0.941. The Hall–Kier alpha value is -2.35. The van der Waals surface area contributed by atoms with E-state index in [4.69, 9.17) is 0 Å². The van der Waals surface area contributed by atoms with E-state index in [9.17, 15) is 4.21 Å². The summed E-state index contributed by atoms with van der Waals surface area (Å²) >= 11 is 1.63. The monoisotopic (exact) mass is 462 g/mol. The van der Waals surface area contributed by atoms with E-state index in [0.29, 0.717) is 11.7 Å². The van der Waals surface area contributed by atoms with Crippen molar-refractivity contribution in [3.63, 3.8) is 0 Å². The van der Waals surface area contributed by atoms with Crippen LogP contribution in [0.5, 0.6) is 0 Å². The molecule has 6 rings (SSSR count). The van der Waals surface area contributed by atoms with Gasteiger partial charge in [0.05, 0.1) is 20.6 Å². The fourth-order valence-corrected chi connectivity index (χ4v) is 7.40. The van der Waals surface area contributed by atoms with Gasteiger partial charge in [-0.15, -0.1) is 21.5 Å². The summed E-state index contributed by atoms with van der Waals surface area (Å²) in [5.41, 5.74) is 1.41. The molecule has 1 unspecified atom stereocenters. The van der Waals surface area contributed by atoms with Crippen molar-refractivity contribution >= 4 is 32.9 Å². The van der Waals surface area contributed by atoms with Crippen molar-refractivity contribution in [2.45, 2.75) is 36.6 Å². The Morgan fingerprint density at radius 2 is 1.84 bits per heavy atom. The fraction of sp³-hybridized carbons (Fsp3) is 0.360. The number of hydrogen-bond donors (Lipinski definition) is 0. The number of rotatable bonds is 4. The van der Waals surface area contributed by atoms with Gasteiger partial charge in [-0.05, 0) is 60.1 Å². The molecule has 0 amide bonds. The molecule has 1 atom stereocenters. The third kappa shape index (κ3) is 3.72. The van der Waals surface area contributed by atoms with Gasteiger partial charge in [-0.3, -0.25) is 4.21 Å². The number of benzene rings is 2. The molecule has 1 saturated heterocycles. The van der Waals surface area contributed by atoms with Crippen molar-refractivity contribution in [3.8, 4) is 10.7 Å². The third-order valence-corrected chi connectivity index (χ3v) is 9.26. The molecule has 1 fully saturated rings. The van der Waals surface area contributed by atoms with Gasteiger partial charge >= 0.3 is 0 Å². The highest BCUT2D eigenvalue weighted by molar-refractivity contribution is 7.85. The summed E-state index contributed by atoms with van der Waals surface area (Å²) in [5, 5.41) is 13.8. The predicted octanol–water partition coefficient (Wildman–Crippen LogP) is 4.70. The molecule has 7 heteroatoms. The van der Waals surface area contributed by atoms with Crippen LogP contribution < -0.4 is 0 Å².